The maximum Gasteiger partial charge on any atom is 0.319 e. The number of nitrogens with one attached hydrogen (secondary N) is 2. The van der Waals surface area contributed by atoms with Gasteiger partial charge < -0.3 is 15.4 Å². The van der Waals surface area contributed by atoms with Crippen LogP contribution in [-0.4, -0.2) is 22.1 Å². The monoisotopic (exact) mass is 340 g/mol. The van der Waals surface area contributed by atoms with E-state index < -0.39 is 0 Å². The van der Waals surface area contributed by atoms with Crippen LogP contribution in [0.4, 0.5) is 10.5 Å². The van der Waals surface area contributed by atoms with Crippen molar-refractivity contribution >= 4 is 11.7 Å². The molecule has 3 rings (SSSR count). The van der Waals surface area contributed by atoms with Gasteiger partial charge in [-0.15, -0.1) is 0 Å². The zero-order valence-corrected chi connectivity index (χ0v) is 14.5. The minimum atomic E-state index is -0.258. The molecule has 6 heteroatoms. The smallest absolute Gasteiger partial charge is 0.319 e. The Balaban J connectivity index is 1.43. The van der Waals surface area contributed by atoms with Gasteiger partial charge in [0.2, 0.25) is 0 Å². The number of anilines is 1. The number of carbonyl (C=O) groups excluding carboxylic acids is 1. The summed E-state index contributed by atoms with van der Waals surface area (Å²) in [6.07, 6.45) is 6.99. The van der Waals surface area contributed by atoms with Crippen molar-refractivity contribution in [3.8, 4) is 0 Å². The summed E-state index contributed by atoms with van der Waals surface area (Å²) >= 11 is 0. The molecule has 25 heavy (non-hydrogen) atoms. The molecule has 0 spiro atoms. The number of hydrogen-bond acceptors (Lipinski definition) is 4. The lowest BCUT2D eigenvalue weighted by atomic mass is 10.2. The van der Waals surface area contributed by atoms with Gasteiger partial charge in [-0.05, 0) is 43.5 Å². The lowest BCUT2D eigenvalue weighted by molar-refractivity contribution is 0.0457. The van der Waals surface area contributed by atoms with Crippen molar-refractivity contribution in [1.82, 2.24) is 15.3 Å². The number of carbonyl (C=O) groups is 1. The van der Waals surface area contributed by atoms with Crippen LogP contribution in [-0.2, 0) is 17.9 Å². The van der Waals surface area contributed by atoms with Crippen molar-refractivity contribution in [2.75, 3.05) is 5.32 Å². The van der Waals surface area contributed by atoms with E-state index in [1.165, 1.54) is 25.7 Å². The van der Waals surface area contributed by atoms with E-state index in [4.69, 9.17) is 4.74 Å². The van der Waals surface area contributed by atoms with Crippen molar-refractivity contribution in [2.24, 2.45) is 0 Å². The van der Waals surface area contributed by atoms with E-state index >= 15 is 0 Å². The molecule has 6 nitrogen and oxygen atoms in total. The number of aryl methyl sites for hydroxylation is 1. The third-order valence-electron chi connectivity index (χ3n) is 4.26. The molecule has 1 aromatic carbocycles. The van der Waals surface area contributed by atoms with E-state index in [0.29, 0.717) is 25.1 Å². The fraction of sp³-hybridized carbons (Fsp3) is 0.421. The van der Waals surface area contributed by atoms with Crippen LogP contribution in [0.1, 0.15) is 42.8 Å². The summed E-state index contributed by atoms with van der Waals surface area (Å²) in [4.78, 5) is 20.2. The standard InChI is InChI=1S/C19H24N4O2/c1-14-20-11-10-17(22-14)12-21-19(24)23-16-8-6-15(7-9-16)13-25-18-4-2-3-5-18/h6-11,18H,2-5,12-13H2,1H3,(H2,21,23,24). The molecule has 1 aromatic heterocycles. The number of urea groups is 1. The number of hydrogen-bond donors (Lipinski definition) is 2. The number of ether oxygens (including phenoxy) is 1. The second-order valence-electron chi connectivity index (χ2n) is 6.32. The second-order valence-corrected chi connectivity index (χ2v) is 6.32. The second kappa shape index (κ2) is 8.58. The third-order valence-corrected chi connectivity index (χ3v) is 4.26. The van der Waals surface area contributed by atoms with Gasteiger partial charge in [0.1, 0.15) is 5.82 Å². The Morgan fingerprint density at radius 1 is 1.20 bits per heavy atom. The van der Waals surface area contributed by atoms with Crippen molar-refractivity contribution in [3.63, 3.8) is 0 Å². The molecule has 0 atom stereocenters. The number of rotatable bonds is 6. The molecule has 0 bridgehead atoms. The van der Waals surface area contributed by atoms with Crippen molar-refractivity contribution in [3.05, 3.63) is 53.6 Å². The van der Waals surface area contributed by atoms with Crippen molar-refractivity contribution < 1.29 is 9.53 Å². The van der Waals surface area contributed by atoms with Crippen LogP contribution in [0.5, 0.6) is 0 Å². The minimum absolute atomic E-state index is 0.258. The average molecular weight is 340 g/mol. The normalized spacial score (nSPS) is 14.4. The number of nitrogens with zero attached hydrogens (tertiary/aromatic N) is 2. The summed E-state index contributed by atoms with van der Waals surface area (Å²) < 4.78 is 5.90. The predicted octanol–water partition coefficient (Wildman–Crippen LogP) is 3.57. The maximum absolute atomic E-state index is 12.0. The highest BCUT2D eigenvalue weighted by Gasteiger charge is 2.15. The van der Waals surface area contributed by atoms with Crippen LogP contribution in [0.25, 0.3) is 0 Å². The first-order valence-corrected chi connectivity index (χ1v) is 8.73. The molecule has 1 fully saturated rings. The van der Waals surface area contributed by atoms with Gasteiger partial charge in [0.05, 0.1) is 24.9 Å². The Bertz CT molecular complexity index is 697. The Kier molecular flexibility index (Phi) is 5.95. The maximum atomic E-state index is 12.0. The quantitative estimate of drug-likeness (QED) is 0.843. The van der Waals surface area contributed by atoms with Crippen LogP contribution in [0, 0.1) is 6.92 Å². The van der Waals surface area contributed by atoms with E-state index in [-0.39, 0.29) is 6.03 Å². The molecule has 1 heterocycles. The van der Waals surface area contributed by atoms with Crippen molar-refractivity contribution in [1.29, 1.82) is 0 Å². The molecule has 1 saturated carbocycles. The van der Waals surface area contributed by atoms with Gasteiger partial charge in [-0.25, -0.2) is 14.8 Å². The summed E-state index contributed by atoms with van der Waals surface area (Å²) in [5, 5.41) is 5.60. The number of aromatic nitrogens is 2. The fourth-order valence-electron chi connectivity index (χ4n) is 2.90. The summed E-state index contributed by atoms with van der Waals surface area (Å²) in [7, 11) is 0. The molecule has 2 aromatic rings. The van der Waals surface area contributed by atoms with Crippen LogP contribution in [0.15, 0.2) is 36.5 Å². The first kappa shape index (κ1) is 17.4. The van der Waals surface area contributed by atoms with Gasteiger partial charge in [-0.2, -0.15) is 0 Å². The van der Waals surface area contributed by atoms with Gasteiger partial charge >= 0.3 is 6.03 Å². The molecule has 132 valence electrons. The molecule has 1 aliphatic rings. The highest BCUT2D eigenvalue weighted by molar-refractivity contribution is 5.89. The van der Waals surface area contributed by atoms with E-state index in [1.807, 2.05) is 31.2 Å². The van der Waals surface area contributed by atoms with Gasteiger partial charge in [-0.1, -0.05) is 25.0 Å². The fourth-order valence-corrected chi connectivity index (χ4v) is 2.90. The first-order valence-electron chi connectivity index (χ1n) is 8.73. The summed E-state index contributed by atoms with van der Waals surface area (Å²) in [6, 6.07) is 9.28. The van der Waals surface area contributed by atoms with Crippen molar-refractivity contribution in [2.45, 2.75) is 51.9 Å². The van der Waals surface area contributed by atoms with Crippen LogP contribution < -0.4 is 10.6 Å². The van der Waals surface area contributed by atoms with E-state index in [0.717, 1.165) is 16.9 Å². The molecule has 2 N–H and O–H groups in total. The van der Waals surface area contributed by atoms with Crippen LogP contribution in [0.2, 0.25) is 0 Å². The lowest BCUT2D eigenvalue weighted by Gasteiger charge is -2.12. The van der Waals surface area contributed by atoms with Gasteiger partial charge in [-0.3, -0.25) is 0 Å². The summed E-state index contributed by atoms with van der Waals surface area (Å²) in [5.41, 5.74) is 2.65. The lowest BCUT2D eigenvalue weighted by Crippen LogP contribution is -2.28. The topological polar surface area (TPSA) is 76.1 Å². The Morgan fingerprint density at radius 3 is 2.68 bits per heavy atom. The molecule has 0 aliphatic heterocycles. The predicted molar refractivity (Wildman–Crippen MR) is 96.1 cm³/mol. The van der Waals surface area contributed by atoms with E-state index in [2.05, 4.69) is 20.6 Å². The summed E-state index contributed by atoms with van der Waals surface area (Å²) in [5.74, 6) is 0.690. The minimum Gasteiger partial charge on any atom is -0.374 e. The van der Waals surface area contributed by atoms with Gasteiger partial charge in [0.25, 0.3) is 0 Å². The van der Waals surface area contributed by atoms with Gasteiger partial charge in [0, 0.05) is 11.9 Å². The third kappa shape index (κ3) is 5.53. The largest absolute Gasteiger partial charge is 0.374 e. The SMILES string of the molecule is Cc1nccc(CNC(=O)Nc2ccc(COC3CCCC3)cc2)n1. The highest BCUT2D eigenvalue weighted by Crippen LogP contribution is 2.22. The zero-order valence-electron chi connectivity index (χ0n) is 14.5. The Hall–Kier alpha value is -2.47. The Labute approximate surface area is 148 Å². The zero-order chi connectivity index (χ0) is 17.5. The average Bonchev–Trinajstić information content (AvgIpc) is 3.13. The Morgan fingerprint density at radius 2 is 1.96 bits per heavy atom. The number of benzene rings is 1. The van der Waals surface area contributed by atoms with E-state index in [9.17, 15) is 4.79 Å². The summed E-state index contributed by atoms with van der Waals surface area (Å²) in [6.45, 7) is 2.81. The molecular formula is C19H24N4O2. The molecule has 0 radical (unpaired) electrons. The molecule has 0 saturated heterocycles. The van der Waals surface area contributed by atoms with Gasteiger partial charge in [0.15, 0.2) is 0 Å². The van der Waals surface area contributed by atoms with Crippen LogP contribution >= 0.6 is 0 Å². The van der Waals surface area contributed by atoms with Crippen LogP contribution in [0.3, 0.4) is 0 Å². The first-order chi connectivity index (χ1) is 12.2. The number of amides is 2. The molecule has 2 amide bonds. The molecule has 0 unspecified atom stereocenters. The molecule has 1 aliphatic carbocycles. The highest BCUT2D eigenvalue weighted by atomic mass is 16.5. The van der Waals surface area contributed by atoms with E-state index in [1.54, 1.807) is 12.3 Å². The molecular weight excluding hydrogens is 316 g/mol.